The molecule has 0 unspecified atom stereocenters. The number of hydrogen-bond acceptors (Lipinski definition) is 6. The Kier molecular flexibility index (Phi) is 5.49. The van der Waals surface area contributed by atoms with Crippen LogP contribution in [0.5, 0.6) is 5.75 Å². The number of nitrogens with one attached hydrogen (secondary N) is 2. The number of aromatic nitrogens is 3. The average Bonchev–Trinajstić information content (AvgIpc) is 3.15. The molecule has 4 rings (SSSR count). The number of rotatable bonds is 6. The van der Waals surface area contributed by atoms with E-state index in [1.807, 2.05) is 37.3 Å². The van der Waals surface area contributed by atoms with Crippen molar-refractivity contribution in [2.24, 2.45) is 0 Å². The molecule has 2 heterocycles. The molecule has 3 aromatic rings. The molecule has 1 aliphatic heterocycles. The van der Waals surface area contributed by atoms with Crippen molar-refractivity contribution in [2.75, 3.05) is 17.2 Å². The van der Waals surface area contributed by atoms with Crippen molar-refractivity contribution in [1.29, 1.82) is 0 Å². The SMILES string of the molecule is CC1=C(C(=O)Nc2ccccc2)[C@@H](c2ccc(O)cc2)n2nc(CCCO)nc2N1. The predicted molar refractivity (Wildman–Crippen MR) is 113 cm³/mol. The van der Waals surface area contributed by atoms with Crippen LogP contribution < -0.4 is 10.6 Å². The lowest BCUT2D eigenvalue weighted by Crippen LogP contribution is -2.31. The van der Waals surface area contributed by atoms with E-state index >= 15 is 0 Å². The molecule has 0 radical (unpaired) electrons. The van der Waals surface area contributed by atoms with E-state index in [1.165, 1.54) is 0 Å². The summed E-state index contributed by atoms with van der Waals surface area (Å²) >= 11 is 0. The number of phenols is 1. The standard InChI is InChI=1S/C22H23N5O3/c1-14-19(21(30)24-16-6-3-2-4-7-16)20(15-9-11-17(29)12-10-15)27-22(23-14)25-18(26-27)8-5-13-28/h2-4,6-7,9-12,20,28-29H,5,8,13H2,1H3,(H,24,30)(H,23,25,26)/t20-/m1/s1. The topological polar surface area (TPSA) is 112 Å². The minimum absolute atomic E-state index is 0.0563. The molecule has 154 valence electrons. The lowest BCUT2D eigenvalue weighted by molar-refractivity contribution is -0.113. The van der Waals surface area contributed by atoms with E-state index in [-0.39, 0.29) is 18.3 Å². The van der Waals surface area contributed by atoms with Crippen LogP contribution in [0.4, 0.5) is 11.6 Å². The zero-order chi connectivity index (χ0) is 21.1. The third-order valence-corrected chi connectivity index (χ3v) is 4.94. The van der Waals surface area contributed by atoms with Gasteiger partial charge in [-0.25, -0.2) is 4.68 Å². The first-order valence-electron chi connectivity index (χ1n) is 9.76. The number of aromatic hydroxyl groups is 1. The molecule has 0 fully saturated rings. The van der Waals surface area contributed by atoms with Crippen LogP contribution in [0.25, 0.3) is 0 Å². The number of carbonyl (C=O) groups excluding carboxylic acids is 1. The van der Waals surface area contributed by atoms with Gasteiger partial charge in [0.25, 0.3) is 5.91 Å². The van der Waals surface area contributed by atoms with Crippen LogP contribution in [0.3, 0.4) is 0 Å². The van der Waals surface area contributed by atoms with Crippen LogP contribution in [-0.2, 0) is 11.2 Å². The van der Waals surface area contributed by atoms with Gasteiger partial charge in [0.15, 0.2) is 5.82 Å². The molecule has 1 aliphatic rings. The highest BCUT2D eigenvalue weighted by Gasteiger charge is 2.34. The lowest BCUT2D eigenvalue weighted by atomic mass is 9.95. The van der Waals surface area contributed by atoms with Gasteiger partial charge in [-0.3, -0.25) is 4.79 Å². The normalized spacial score (nSPS) is 15.5. The molecule has 1 atom stereocenters. The van der Waals surface area contributed by atoms with Crippen LogP contribution in [0.1, 0.15) is 30.8 Å². The van der Waals surface area contributed by atoms with Gasteiger partial charge in [-0.15, -0.1) is 0 Å². The number of para-hydroxylation sites is 1. The summed E-state index contributed by atoms with van der Waals surface area (Å²) in [6.45, 7) is 1.89. The first-order valence-corrected chi connectivity index (χ1v) is 9.76. The predicted octanol–water partition coefficient (Wildman–Crippen LogP) is 2.84. The van der Waals surface area contributed by atoms with E-state index in [0.29, 0.717) is 41.6 Å². The fourth-order valence-corrected chi connectivity index (χ4v) is 3.52. The third kappa shape index (κ3) is 3.90. The molecule has 4 N–H and O–H groups in total. The highest BCUT2D eigenvalue weighted by atomic mass is 16.3. The molecule has 8 heteroatoms. The van der Waals surface area contributed by atoms with Crippen molar-refractivity contribution >= 4 is 17.5 Å². The molecular formula is C22H23N5O3. The van der Waals surface area contributed by atoms with E-state index in [9.17, 15) is 9.90 Å². The summed E-state index contributed by atoms with van der Waals surface area (Å²) in [5.41, 5.74) is 2.68. The zero-order valence-electron chi connectivity index (χ0n) is 16.5. The second-order valence-corrected chi connectivity index (χ2v) is 7.10. The van der Waals surface area contributed by atoms with Gasteiger partial charge in [-0.05, 0) is 43.2 Å². The van der Waals surface area contributed by atoms with Gasteiger partial charge in [-0.1, -0.05) is 30.3 Å². The van der Waals surface area contributed by atoms with Crippen molar-refractivity contribution in [2.45, 2.75) is 25.8 Å². The smallest absolute Gasteiger partial charge is 0.255 e. The molecule has 0 aliphatic carbocycles. The van der Waals surface area contributed by atoms with E-state index < -0.39 is 6.04 Å². The Hall–Kier alpha value is -3.65. The molecule has 0 spiro atoms. The monoisotopic (exact) mass is 405 g/mol. The van der Waals surface area contributed by atoms with Gasteiger partial charge >= 0.3 is 0 Å². The van der Waals surface area contributed by atoms with Gasteiger partial charge < -0.3 is 20.8 Å². The molecule has 30 heavy (non-hydrogen) atoms. The van der Waals surface area contributed by atoms with Crippen LogP contribution in [-0.4, -0.2) is 37.5 Å². The number of amides is 1. The van der Waals surface area contributed by atoms with Crippen molar-refractivity contribution in [3.63, 3.8) is 0 Å². The number of benzene rings is 2. The second kappa shape index (κ2) is 8.38. The first kappa shape index (κ1) is 19.7. The largest absolute Gasteiger partial charge is 0.508 e. The fourth-order valence-electron chi connectivity index (χ4n) is 3.52. The van der Waals surface area contributed by atoms with Crippen LogP contribution in [0, 0.1) is 0 Å². The van der Waals surface area contributed by atoms with E-state index in [0.717, 1.165) is 5.56 Å². The molecular weight excluding hydrogens is 382 g/mol. The van der Waals surface area contributed by atoms with E-state index in [2.05, 4.69) is 20.7 Å². The van der Waals surface area contributed by atoms with Crippen molar-refractivity contribution < 1.29 is 15.0 Å². The summed E-state index contributed by atoms with van der Waals surface area (Å²) < 4.78 is 1.69. The van der Waals surface area contributed by atoms with Gasteiger partial charge in [0, 0.05) is 24.4 Å². The van der Waals surface area contributed by atoms with Crippen molar-refractivity contribution in [3.05, 3.63) is 77.3 Å². The highest BCUT2D eigenvalue weighted by Crippen LogP contribution is 2.36. The molecule has 1 aromatic heterocycles. The molecule has 0 saturated heterocycles. The number of carbonyl (C=O) groups is 1. The summed E-state index contributed by atoms with van der Waals surface area (Å²) in [7, 11) is 0. The Balaban J connectivity index is 1.75. The average molecular weight is 405 g/mol. The summed E-state index contributed by atoms with van der Waals surface area (Å²) in [5, 5.41) is 29.6. The summed E-state index contributed by atoms with van der Waals surface area (Å²) in [6, 6.07) is 15.5. The van der Waals surface area contributed by atoms with E-state index in [4.69, 9.17) is 5.11 Å². The van der Waals surface area contributed by atoms with Crippen LogP contribution in [0.2, 0.25) is 0 Å². The molecule has 2 aromatic carbocycles. The number of phenolic OH excluding ortho intramolecular Hbond substituents is 1. The molecule has 0 saturated carbocycles. The summed E-state index contributed by atoms with van der Waals surface area (Å²) in [4.78, 5) is 17.8. The number of anilines is 2. The number of nitrogens with zero attached hydrogens (tertiary/aromatic N) is 3. The number of fused-ring (bicyclic) bond motifs is 1. The minimum atomic E-state index is -0.513. The Labute approximate surface area is 173 Å². The maximum atomic E-state index is 13.3. The lowest BCUT2D eigenvalue weighted by Gasteiger charge is -2.28. The quantitative estimate of drug-likeness (QED) is 0.502. The number of allylic oxidation sites excluding steroid dienone is 1. The van der Waals surface area contributed by atoms with Crippen molar-refractivity contribution in [3.8, 4) is 5.75 Å². The molecule has 1 amide bonds. The second-order valence-electron chi connectivity index (χ2n) is 7.10. The fraction of sp³-hybridized carbons (Fsp3) is 0.227. The van der Waals surface area contributed by atoms with Crippen LogP contribution >= 0.6 is 0 Å². The summed E-state index contributed by atoms with van der Waals surface area (Å²) in [5.74, 6) is 1.02. The zero-order valence-corrected chi connectivity index (χ0v) is 16.5. The van der Waals surface area contributed by atoms with Gasteiger partial charge in [0.2, 0.25) is 5.95 Å². The number of aryl methyl sites for hydroxylation is 1. The molecule has 0 bridgehead atoms. The maximum Gasteiger partial charge on any atom is 0.255 e. The Morgan fingerprint density at radius 2 is 1.90 bits per heavy atom. The van der Waals surface area contributed by atoms with Crippen molar-refractivity contribution in [1.82, 2.24) is 14.8 Å². The summed E-state index contributed by atoms with van der Waals surface area (Å²) in [6.07, 6.45) is 1.09. The Morgan fingerprint density at radius 3 is 2.60 bits per heavy atom. The number of aliphatic hydroxyl groups excluding tert-OH is 1. The van der Waals surface area contributed by atoms with Gasteiger partial charge in [0.1, 0.15) is 11.8 Å². The maximum absolute atomic E-state index is 13.3. The number of aliphatic hydroxyl groups is 1. The van der Waals surface area contributed by atoms with Gasteiger partial charge in [-0.2, -0.15) is 10.1 Å². The highest BCUT2D eigenvalue weighted by molar-refractivity contribution is 6.06. The first-order chi connectivity index (χ1) is 14.6. The van der Waals surface area contributed by atoms with Crippen LogP contribution in [0.15, 0.2) is 65.9 Å². The third-order valence-electron chi connectivity index (χ3n) is 4.94. The Bertz CT molecular complexity index is 1070. The van der Waals surface area contributed by atoms with Gasteiger partial charge in [0.05, 0.1) is 5.57 Å². The molecule has 8 nitrogen and oxygen atoms in total. The number of hydrogen-bond donors (Lipinski definition) is 4. The Morgan fingerprint density at radius 1 is 1.17 bits per heavy atom. The van der Waals surface area contributed by atoms with E-state index in [1.54, 1.807) is 28.9 Å². The minimum Gasteiger partial charge on any atom is -0.508 e.